The first-order valence-electron chi connectivity index (χ1n) is 7.66. The van der Waals surface area contributed by atoms with Crippen molar-refractivity contribution in [2.75, 3.05) is 13.2 Å². The van der Waals surface area contributed by atoms with Crippen molar-refractivity contribution < 1.29 is 30.0 Å². The number of carbonyl (C=O) groups excluding carboxylic acids is 2. The van der Waals surface area contributed by atoms with Gasteiger partial charge in [0.15, 0.2) is 0 Å². The second-order valence-corrected chi connectivity index (χ2v) is 5.43. The third kappa shape index (κ3) is 7.43. The molecule has 0 unspecified atom stereocenters. The molecule has 0 heterocycles. The lowest BCUT2D eigenvalue weighted by molar-refractivity contribution is -0.344. The molecule has 0 fully saturated rings. The molecule has 0 aromatic heterocycles. The molecule has 0 spiro atoms. The summed E-state index contributed by atoms with van der Waals surface area (Å²) in [5.74, 6) is -3.15. The first-order chi connectivity index (χ1) is 10.0. The molecule has 0 aliphatic carbocycles. The van der Waals surface area contributed by atoms with E-state index in [0.29, 0.717) is 38.5 Å². The Morgan fingerprint density at radius 3 is 1.29 bits per heavy atom. The number of rotatable bonds is 14. The van der Waals surface area contributed by atoms with Gasteiger partial charge in [-0.2, -0.15) is 0 Å². The van der Waals surface area contributed by atoms with Gasteiger partial charge in [-0.05, 0) is 25.7 Å². The number of aliphatic hydroxyl groups excluding tert-OH is 2. The van der Waals surface area contributed by atoms with Crippen LogP contribution in [0, 0.1) is 5.41 Å². The number of carboxylic acids is 2. The number of carboxylic acid groups (broad SMARTS) is 2. The molecule has 0 aliphatic rings. The van der Waals surface area contributed by atoms with Crippen LogP contribution in [0.1, 0.15) is 64.2 Å². The smallest absolute Gasteiger partial charge is 0.0532 e. The van der Waals surface area contributed by atoms with Crippen LogP contribution in [0.25, 0.3) is 0 Å². The van der Waals surface area contributed by atoms with Crippen molar-refractivity contribution >= 4 is 11.9 Å². The van der Waals surface area contributed by atoms with Gasteiger partial charge in [0.25, 0.3) is 0 Å². The Morgan fingerprint density at radius 1 is 0.667 bits per heavy atom. The summed E-state index contributed by atoms with van der Waals surface area (Å²) in [5.41, 5.74) is -1.92. The zero-order valence-electron chi connectivity index (χ0n) is 12.5. The summed E-state index contributed by atoms with van der Waals surface area (Å²) in [7, 11) is 0. The van der Waals surface area contributed by atoms with Gasteiger partial charge in [0.05, 0.1) is 11.9 Å². The Morgan fingerprint density at radius 2 is 1.00 bits per heavy atom. The summed E-state index contributed by atoms with van der Waals surface area (Å²) in [4.78, 5) is 22.6. The van der Waals surface area contributed by atoms with E-state index < -0.39 is 17.4 Å². The normalized spacial score (nSPS) is 11.5. The van der Waals surface area contributed by atoms with Crippen molar-refractivity contribution in [2.24, 2.45) is 5.41 Å². The maximum Gasteiger partial charge on any atom is 0.0532 e. The molecule has 2 N–H and O–H groups in total. The largest absolute Gasteiger partial charge is 0.549 e. The number of carbonyl (C=O) groups is 2. The summed E-state index contributed by atoms with van der Waals surface area (Å²) >= 11 is 0. The van der Waals surface area contributed by atoms with E-state index in [1.807, 2.05) is 0 Å². The van der Waals surface area contributed by atoms with E-state index in [1.165, 1.54) is 0 Å². The van der Waals surface area contributed by atoms with Gasteiger partial charge < -0.3 is 30.0 Å². The maximum absolute atomic E-state index is 11.3. The third-order valence-corrected chi connectivity index (χ3v) is 3.80. The molecule has 0 aromatic carbocycles. The zero-order chi connectivity index (χ0) is 16.1. The number of aliphatic carboxylic acids is 2. The van der Waals surface area contributed by atoms with Crippen LogP contribution >= 0.6 is 0 Å². The summed E-state index contributed by atoms with van der Waals surface area (Å²) < 4.78 is 0. The fourth-order valence-corrected chi connectivity index (χ4v) is 2.40. The Labute approximate surface area is 125 Å². The average molecular weight is 302 g/mol. The minimum Gasteiger partial charge on any atom is -0.549 e. The number of hydrogen-bond donors (Lipinski definition) is 2. The summed E-state index contributed by atoms with van der Waals surface area (Å²) in [5, 5.41) is 39.9. The highest BCUT2D eigenvalue weighted by atomic mass is 16.4. The topological polar surface area (TPSA) is 121 Å². The van der Waals surface area contributed by atoms with Crippen LogP contribution in [-0.2, 0) is 9.59 Å². The van der Waals surface area contributed by atoms with Crippen LogP contribution in [0.2, 0.25) is 0 Å². The molecule has 0 aliphatic heterocycles. The van der Waals surface area contributed by atoms with Gasteiger partial charge in [-0.3, -0.25) is 0 Å². The predicted molar refractivity (Wildman–Crippen MR) is 72.8 cm³/mol. The van der Waals surface area contributed by atoms with Crippen molar-refractivity contribution in [3.8, 4) is 0 Å². The first-order valence-corrected chi connectivity index (χ1v) is 7.66. The van der Waals surface area contributed by atoms with Crippen molar-refractivity contribution in [2.45, 2.75) is 64.2 Å². The fraction of sp³-hybridized carbons (Fsp3) is 0.867. The fourth-order valence-electron chi connectivity index (χ4n) is 2.40. The molecule has 0 saturated heterocycles. The van der Waals surface area contributed by atoms with Crippen LogP contribution in [0.15, 0.2) is 0 Å². The highest BCUT2D eigenvalue weighted by Gasteiger charge is 2.32. The first kappa shape index (κ1) is 19.9. The van der Waals surface area contributed by atoms with Gasteiger partial charge in [0.1, 0.15) is 0 Å². The van der Waals surface area contributed by atoms with Gasteiger partial charge in [-0.15, -0.1) is 0 Å². The van der Waals surface area contributed by atoms with Crippen molar-refractivity contribution in [3.05, 3.63) is 0 Å². The number of unbranched alkanes of at least 4 members (excludes halogenated alkanes) is 6. The molecule has 6 nitrogen and oxygen atoms in total. The molecule has 0 aromatic rings. The quantitative estimate of drug-likeness (QED) is 0.325. The lowest BCUT2D eigenvalue weighted by Crippen LogP contribution is -2.53. The SMILES string of the molecule is O=C([O-])C(CCCCCCO)(CCCCCCO)C(=O)[O-]. The highest BCUT2D eigenvalue weighted by Crippen LogP contribution is 2.31. The van der Waals surface area contributed by atoms with E-state index in [0.717, 1.165) is 12.8 Å². The number of hydrogen-bond acceptors (Lipinski definition) is 6. The van der Waals surface area contributed by atoms with Gasteiger partial charge in [-0.25, -0.2) is 0 Å². The molecule has 6 heteroatoms. The maximum atomic E-state index is 11.3. The van der Waals surface area contributed by atoms with E-state index in [9.17, 15) is 19.8 Å². The van der Waals surface area contributed by atoms with Crippen LogP contribution in [0.4, 0.5) is 0 Å². The molecule has 0 radical (unpaired) electrons. The monoisotopic (exact) mass is 302 g/mol. The molecule has 0 rings (SSSR count). The van der Waals surface area contributed by atoms with Crippen molar-refractivity contribution in [1.82, 2.24) is 0 Å². The van der Waals surface area contributed by atoms with E-state index >= 15 is 0 Å². The van der Waals surface area contributed by atoms with E-state index in [2.05, 4.69) is 0 Å². The Kier molecular flexibility index (Phi) is 10.9. The molecular weight excluding hydrogens is 276 g/mol. The van der Waals surface area contributed by atoms with Gasteiger partial charge in [0, 0.05) is 18.6 Å². The Hall–Kier alpha value is -1.14. The predicted octanol–water partition coefficient (Wildman–Crippen LogP) is -0.642. The van der Waals surface area contributed by atoms with Crippen molar-refractivity contribution in [1.29, 1.82) is 0 Å². The molecular formula is C15H26O6-2. The Balaban J connectivity index is 4.40. The third-order valence-electron chi connectivity index (χ3n) is 3.80. The highest BCUT2D eigenvalue weighted by molar-refractivity contribution is 5.96. The second kappa shape index (κ2) is 11.5. The summed E-state index contributed by atoms with van der Waals surface area (Å²) in [6.07, 6.45) is 5.01. The summed E-state index contributed by atoms with van der Waals surface area (Å²) in [6.45, 7) is 0.161. The lowest BCUT2D eigenvalue weighted by atomic mass is 9.78. The van der Waals surface area contributed by atoms with Gasteiger partial charge in [0.2, 0.25) is 0 Å². The molecule has 21 heavy (non-hydrogen) atoms. The minimum atomic E-state index is -1.92. The van der Waals surface area contributed by atoms with Crippen LogP contribution in [0.3, 0.4) is 0 Å². The van der Waals surface area contributed by atoms with Crippen LogP contribution < -0.4 is 10.2 Å². The number of aliphatic hydroxyl groups is 2. The van der Waals surface area contributed by atoms with Crippen molar-refractivity contribution in [3.63, 3.8) is 0 Å². The summed E-state index contributed by atoms with van der Waals surface area (Å²) in [6, 6.07) is 0. The van der Waals surface area contributed by atoms with E-state index in [1.54, 1.807) is 0 Å². The second-order valence-electron chi connectivity index (χ2n) is 5.43. The van der Waals surface area contributed by atoms with Crippen LogP contribution in [-0.4, -0.2) is 35.4 Å². The van der Waals surface area contributed by atoms with E-state index in [4.69, 9.17) is 10.2 Å². The standard InChI is InChI=1S/C15H28O6/c16-11-7-3-1-5-9-15(13(18)19,14(20)21)10-6-2-4-8-12-17/h16-17H,1-12H2,(H,18,19)(H,20,21)/p-2. The molecule has 0 saturated carbocycles. The van der Waals surface area contributed by atoms with E-state index in [-0.39, 0.29) is 26.1 Å². The molecule has 0 bridgehead atoms. The molecule has 0 amide bonds. The minimum absolute atomic E-state index is 0.00307. The molecule has 0 atom stereocenters. The van der Waals surface area contributed by atoms with Gasteiger partial charge in [-0.1, -0.05) is 38.5 Å². The average Bonchev–Trinajstić information content (AvgIpc) is 2.44. The zero-order valence-corrected chi connectivity index (χ0v) is 12.5. The Bertz CT molecular complexity index is 273. The molecule has 124 valence electrons. The van der Waals surface area contributed by atoms with Gasteiger partial charge >= 0.3 is 0 Å². The lowest BCUT2D eigenvalue weighted by Gasteiger charge is -2.36. The van der Waals surface area contributed by atoms with Crippen LogP contribution in [0.5, 0.6) is 0 Å².